The van der Waals surface area contributed by atoms with Gasteiger partial charge in [0.1, 0.15) is 0 Å². The van der Waals surface area contributed by atoms with Gasteiger partial charge >= 0.3 is 0 Å². The number of hydrogen-bond acceptors (Lipinski definition) is 4. The number of nitrogen functional groups attached to an aromatic ring is 1. The quantitative estimate of drug-likeness (QED) is 0.778. The molecule has 0 saturated heterocycles. The van der Waals surface area contributed by atoms with Gasteiger partial charge in [0.2, 0.25) is 5.89 Å². The van der Waals surface area contributed by atoms with Crippen LogP contribution in [-0.4, -0.2) is 10.1 Å². The highest BCUT2D eigenvalue weighted by molar-refractivity contribution is 5.25. The Kier molecular flexibility index (Phi) is 2.18. The van der Waals surface area contributed by atoms with Crippen LogP contribution in [0.25, 0.3) is 0 Å². The molecule has 0 spiro atoms. The molecule has 0 aliphatic heterocycles. The molecule has 0 fully saturated rings. The summed E-state index contributed by atoms with van der Waals surface area (Å²) in [6.45, 7) is 2.05. The summed E-state index contributed by atoms with van der Waals surface area (Å²) in [7, 11) is 0. The molecular weight excluding hydrogens is 178 g/mol. The smallest absolute Gasteiger partial charge is 0.260 e. The maximum Gasteiger partial charge on any atom is 0.260 e. The third-order valence-electron chi connectivity index (χ3n) is 1.92. The summed E-state index contributed by atoms with van der Waals surface area (Å²) in [5.41, 5.74) is 7.71. The lowest BCUT2D eigenvalue weighted by Crippen LogP contribution is -1.90. The second-order valence-corrected chi connectivity index (χ2v) is 3.21. The van der Waals surface area contributed by atoms with E-state index in [-0.39, 0.29) is 5.95 Å². The molecule has 0 unspecified atom stereocenters. The first-order valence-corrected chi connectivity index (χ1v) is 4.37. The standard InChI is InChI=1S/C10H11N3O/c1-7-3-2-4-8(5-7)6-9-12-10(11)13-14-9/h2-5H,6H2,1H3,(H2,11,13). The number of nitrogens with zero attached hydrogens (tertiary/aromatic N) is 2. The van der Waals surface area contributed by atoms with E-state index in [1.807, 2.05) is 25.1 Å². The Morgan fingerprint density at radius 1 is 1.43 bits per heavy atom. The van der Waals surface area contributed by atoms with Crippen molar-refractivity contribution in [2.45, 2.75) is 13.3 Å². The fraction of sp³-hybridized carbons (Fsp3) is 0.200. The van der Waals surface area contributed by atoms with Gasteiger partial charge in [-0.3, -0.25) is 0 Å². The average Bonchev–Trinajstić information content (AvgIpc) is 2.51. The third-order valence-corrected chi connectivity index (χ3v) is 1.92. The highest BCUT2D eigenvalue weighted by Gasteiger charge is 2.03. The van der Waals surface area contributed by atoms with Crippen LogP contribution < -0.4 is 5.73 Å². The van der Waals surface area contributed by atoms with E-state index in [1.165, 1.54) is 5.56 Å². The summed E-state index contributed by atoms with van der Waals surface area (Å²) in [4.78, 5) is 3.94. The molecule has 4 heteroatoms. The Morgan fingerprint density at radius 3 is 2.93 bits per heavy atom. The monoisotopic (exact) mass is 189 g/mol. The average molecular weight is 189 g/mol. The van der Waals surface area contributed by atoms with Crippen LogP contribution in [0.15, 0.2) is 28.8 Å². The Bertz CT molecular complexity index is 436. The van der Waals surface area contributed by atoms with Gasteiger partial charge in [-0.15, -0.1) is 0 Å². The highest BCUT2D eigenvalue weighted by atomic mass is 16.5. The van der Waals surface area contributed by atoms with E-state index in [1.54, 1.807) is 0 Å². The maximum absolute atomic E-state index is 5.35. The van der Waals surface area contributed by atoms with E-state index in [0.717, 1.165) is 5.56 Å². The molecule has 0 bridgehead atoms. The number of anilines is 1. The number of benzene rings is 1. The first-order chi connectivity index (χ1) is 6.74. The molecular formula is C10H11N3O. The molecule has 2 N–H and O–H groups in total. The number of aromatic nitrogens is 2. The lowest BCUT2D eigenvalue weighted by atomic mass is 10.1. The minimum absolute atomic E-state index is 0.188. The van der Waals surface area contributed by atoms with Crippen molar-refractivity contribution in [3.63, 3.8) is 0 Å². The second-order valence-electron chi connectivity index (χ2n) is 3.21. The van der Waals surface area contributed by atoms with Gasteiger partial charge in [0.05, 0.1) is 6.42 Å². The van der Waals surface area contributed by atoms with E-state index >= 15 is 0 Å². The van der Waals surface area contributed by atoms with Crippen LogP contribution in [0, 0.1) is 6.92 Å². The van der Waals surface area contributed by atoms with Gasteiger partial charge in [-0.05, 0) is 17.6 Å². The van der Waals surface area contributed by atoms with Crippen molar-refractivity contribution in [2.24, 2.45) is 0 Å². The van der Waals surface area contributed by atoms with E-state index < -0.39 is 0 Å². The van der Waals surface area contributed by atoms with E-state index in [4.69, 9.17) is 10.3 Å². The van der Waals surface area contributed by atoms with Crippen LogP contribution in [-0.2, 0) is 6.42 Å². The summed E-state index contributed by atoms with van der Waals surface area (Å²) in [6.07, 6.45) is 0.631. The van der Waals surface area contributed by atoms with Crippen molar-refractivity contribution in [2.75, 3.05) is 5.73 Å². The summed E-state index contributed by atoms with van der Waals surface area (Å²) in [5.74, 6) is 0.737. The zero-order valence-electron chi connectivity index (χ0n) is 7.90. The second kappa shape index (κ2) is 3.49. The van der Waals surface area contributed by atoms with Crippen LogP contribution in [0.5, 0.6) is 0 Å². The van der Waals surface area contributed by atoms with Crippen LogP contribution in [0.4, 0.5) is 5.95 Å². The van der Waals surface area contributed by atoms with Gasteiger partial charge in [-0.1, -0.05) is 29.8 Å². The Morgan fingerprint density at radius 2 is 2.29 bits per heavy atom. The van der Waals surface area contributed by atoms with Crippen molar-refractivity contribution < 1.29 is 4.52 Å². The first kappa shape index (κ1) is 8.74. The summed E-state index contributed by atoms with van der Waals surface area (Å²) in [6, 6.07) is 8.16. The first-order valence-electron chi connectivity index (χ1n) is 4.37. The van der Waals surface area contributed by atoms with E-state index in [0.29, 0.717) is 12.3 Å². The lowest BCUT2D eigenvalue weighted by Gasteiger charge is -1.97. The molecule has 1 aromatic carbocycles. The summed E-state index contributed by atoms with van der Waals surface area (Å²) < 4.78 is 4.92. The number of aryl methyl sites for hydroxylation is 1. The molecule has 14 heavy (non-hydrogen) atoms. The molecule has 0 aliphatic rings. The fourth-order valence-electron chi connectivity index (χ4n) is 1.34. The van der Waals surface area contributed by atoms with Crippen molar-refractivity contribution >= 4 is 5.95 Å². The number of rotatable bonds is 2. The molecule has 1 aromatic heterocycles. The number of hydrogen-bond donors (Lipinski definition) is 1. The lowest BCUT2D eigenvalue weighted by molar-refractivity contribution is 0.386. The highest BCUT2D eigenvalue weighted by Crippen LogP contribution is 2.09. The molecule has 72 valence electrons. The van der Waals surface area contributed by atoms with E-state index in [2.05, 4.69) is 16.2 Å². The van der Waals surface area contributed by atoms with Gasteiger partial charge < -0.3 is 10.3 Å². The molecule has 1 heterocycles. The van der Waals surface area contributed by atoms with Crippen LogP contribution in [0.3, 0.4) is 0 Å². The summed E-state index contributed by atoms with van der Waals surface area (Å²) >= 11 is 0. The van der Waals surface area contributed by atoms with Crippen LogP contribution >= 0.6 is 0 Å². The van der Waals surface area contributed by atoms with Gasteiger partial charge in [-0.25, -0.2) is 0 Å². The third kappa shape index (κ3) is 1.90. The Hall–Kier alpha value is -1.84. The summed E-state index contributed by atoms with van der Waals surface area (Å²) in [5, 5.41) is 3.53. The van der Waals surface area contributed by atoms with Gasteiger partial charge in [0.25, 0.3) is 5.95 Å². The predicted molar refractivity (Wildman–Crippen MR) is 52.7 cm³/mol. The molecule has 4 nitrogen and oxygen atoms in total. The minimum atomic E-state index is 0.188. The van der Waals surface area contributed by atoms with Gasteiger partial charge in [0, 0.05) is 0 Å². The molecule has 0 atom stereocenters. The number of nitrogens with two attached hydrogens (primary N) is 1. The van der Waals surface area contributed by atoms with Crippen LogP contribution in [0.1, 0.15) is 17.0 Å². The zero-order chi connectivity index (χ0) is 9.97. The molecule has 0 aliphatic carbocycles. The molecule has 0 amide bonds. The van der Waals surface area contributed by atoms with Crippen LogP contribution in [0.2, 0.25) is 0 Å². The van der Waals surface area contributed by atoms with Crippen molar-refractivity contribution in [3.05, 3.63) is 41.3 Å². The molecule has 0 radical (unpaired) electrons. The van der Waals surface area contributed by atoms with Crippen molar-refractivity contribution in [1.29, 1.82) is 0 Å². The largest absolute Gasteiger partial charge is 0.365 e. The minimum Gasteiger partial charge on any atom is -0.365 e. The fourth-order valence-corrected chi connectivity index (χ4v) is 1.34. The SMILES string of the molecule is Cc1cccc(Cc2nc(N)no2)c1. The normalized spacial score (nSPS) is 10.4. The van der Waals surface area contributed by atoms with E-state index in [9.17, 15) is 0 Å². The topological polar surface area (TPSA) is 64.9 Å². The zero-order valence-corrected chi connectivity index (χ0v) is 7.90. The van der Waals surface area contributed by atoms with Gasteiger partial charge in [-0.2, -0.15) is 4.98 Å². The van der Waals surface area contributed by atoms with Crippen molar-refractivity contribution in [1.82, 2.24) is 10.1 Å². The maximum atomic E-state index is 5.35. The molecule has 2 rings (SSSR count). The predicted octanol–water partition coefficient (Wildman–Crippen LogP) is 1.55. The van der Waals surface area contributed by atoms with Crippen molar-refractivity contribution in [3.8, 4) is 0 Å². The van der Waals surface area contributed by atoms with Gasteiger partial charge in [0.15, 0.2) is 0 Å². The Labute approximate surface area is 81.7 Å². The Balaban J connectivity index is 2.18. The molecule has 2 aromatic rings. The molecule has 0 saturated carbocycles.